The highest BCUT2D eigenvalue weighted by molar-refractivity contribution is 8.03. The van der Waals surface area contributed by atoms with Crippen LogP contribution >= 0.6 is 23.1 Å². The molecule has 2 nitrogen and oxygen atoms in total. The van der Waals surface area contributed by atoms with Gasteiger partial charge in [-0.15, -0.1) is 23.1 Å². The first-order valence-electron chi connectivity index (χ1n) is 12.3. The Labute approximate surface area is 225 Å². The predicted molar refractivity (Wildman–Crippen MR) is 160 cm³/mol. The molecule has 0 atom stereocenters. The maximum atomic E-state index is 6.50. The minimum absolute atomic E-state index is 0.185. The Kier molecular flexibility index (Phi) is 8.36. The zero-order valence-electron chi connectivity index (χ0n) is 21.8. The molecule has 0 aliphatic carbocycles. The lowest BCUT2D eigenvalue weighted by molar-refractivity contribution is 0.279. The third-order valence-corrected chi connectivity index (χ3v) is 13.7. The number of hydrogen-bond donors (Lipinski definition) is 0. The predicted octanol–water partition coefficient (Wildman–Crippen LogP) is 9.36. The molecule has 0 radical (unpaired) electrons. The van der Waals surface area contributed by atoms with Crippen LogP contribution in [0.3, 0.4) is 0 Å². The van der Waals surface area contributed by atoms with Gasteiger partial charge >= 0.3 is 0 Å². The van der Waals surface area contributed by atoms with Crippen LogP contribution in [0.15, 0.2) is 102 Å². The van der Waals surface area contributed by atoms with Crippen LogP contribution in [0.5, 0.6) is 0 Å². The molecule has 0 fully saturated rings. The zero-order chi connectivity index (χ0) is 25.7. The number of nitrogens with zero attached hydrogens (tertiary/aromatic N) is 1. The molecule has 0 unspecified atom stereocenters. The lowest BCUT2D eigenvalue weighted by atomic mass is 9.84. The Hall–Kier alpha value is -2.44. The number of thiazole rings is 1. The first kappa shape index (κ1) is 26.6. The van der Waals surface area contributed by atoms with Crippen LogP contribution in [0.25, 0.3) is 6.08 Å². The van der Waals surface area contributed by atoms with Crippen molar-refractivity contribution in [3.8, 4) is 0 Å². The molecule has 1 heterocycles. The molecule has 1 aromatic heterocycles. The highest BCUT2D eigenvalue weighted by Gasteiger charge is 2.38. The second kappa shape index (κ2) is 11.3. The summed E-state index contributed by atoms with van der Waals surface area (Å²) in [6.07, 6.45) is 2.15. The molecule has 0 amide bonds. The van der Waals surface area contributed by atoms with E-state index in [4.69, 9.17) is 4.43 Å². The third-order valence-electron chi connectivity index (χ3n) is 7.05. The van der Waals surface area contributed by atoms with Crippen molar-refractivity contribution in [1.29, 1.82) is 0 Å². The summed E-state index contributed by atoms with van der Waals surface area (Å²) in [5.41, 5.74) is 6.66. The van der Waals surface area contributed by atoms with E-state index in [-0.39, 0.29) is 9.79 Å². The van der Waals surface area contributed by atoms with E-state index in [2.05, 4.69) is 141 Å². The molecule has 36 heavy (non-hydrogen) atoms. The van der Waals surface area contributed by atoms with E-state index in [0.29, 0.717) is 6.61 Å². The van der Waals surface area contributed by atoms with Gasteiger partial charge in [-0.2, -0.15) is 0 Å². The molecule has 5 heteroatoms. The minimum Gasteiger partial charge on any atom is -0.412 e. The maximum absolute atomic E-state index is 6.50. The lowest BCUT2D eigenvalue weighted by Gasteiger charge is -2.36. The van der Waals surface area contributed by atoms with Gasteiger partial charge in [0.2, 0.25) is 0 Å². The van der Waals surface area contributed by atoms with Crippen molar-refractivity contribution in [2.75, 3.05) is 0 Å². The van der Waals surface area contributed by atoms with Gasteiger partial charge in [0.25, 0.3) is 0 Å². The zero-order valence-corrected chi connectivity index (χ0v) is 24.4. The fourth-order valence-corrected chi connectivity index (χ4v) is 6.83. The highest BCUT2D eigenvalue weighted by atomic mass is 32.2. The summed E-state index contributed by atoms with van der Waals surface area (Å²) in [4.78, 5) is 5.85. The lowest BCUT2D eigenvalue weighted by Crippen LogP contribution is -2.40. The molecular formula is C31H35NOS2Si. The first-order valence-corrected chi connectivity index (χ1v) is 17.0. The van der Waals surface area contributed by atoms with E-state index in [0.717, 1.165) is 5.69 Å². The van der Waals surface area contributed by atoms with E-state index in [1.165, 1.54) is 21.6 Å². The molecule has 0 bridgehead atoms. The van der Waals surface area contributed by atoms with Gasteiger partial charge in [-0.25, -0.2) is 4.98 Å². The summed E-state index contributed by atoms with van der Waals surface area (Å²) in [5.74, 6) is 0. The largest absolute Gasteiger partial charge is 0.412 e. The fraction of sp³-hybridized carbons (Fsp3) is 0.258. The summed E-state index contributed by atoms with van der Waals surface area (Å²) in [7, 11) is -1.83. The van der Waals surface area contributed by atoms with Crippen molar-refractivity contribution in [3.05, 3.63) is 129 Å². The molecule has 0 aliphatic rings. The van der Waals surface area contributed by atoms with Gasteiger partial charge in [-0.1, -0.05) is 112 Å². The average molecular weight is 530 g/mol. The normalized spacial score (nSPS) is 12.8. The Morgan fingerprint density at radius 2 is 1.28 bits per heavy atom. The standard InChI is InChI=1S/C31H35NOS2Si/c1-30(2,3)36(4,5)33-23-29-28(32-24-34-29)21-22-35-31(25-15-9-6-10-16-25,26-17-11-7-12-18-26)27-19-13-8-14-20-27/h6-22,24H,23H2,1-5H3. The van der Waals surface area contributed by atoms with Crippen LogP contribution in [-0.4, -0.2) is 13.3 Å². The topological polar surface area (TPSA) is 22.1 Å². The highest BCUT2D eigenvalue weighted by Crippen LogP contribution is 2.49. The quantitative estimate of drug-likeness (QED) is 0.159. The maximum Gasteiger partial charge on any atom is 0.192 e. The van der Waals surface area contributed by atoms with Gasteiger partial charge in [-0.05, 0) is 46.3 Å². The Bertz CT molecular complexity index is 1170. The summed E-state index contributed by atoms with van der Waals surface area (Å²) in [5, 5.41) is 2.39. The van der Waals surface area contributed by atoms with E-state index < -0.39 is 8.32 Å². The number of benzene rings is 3. The Morgan fingerprint density at radius 3 is 1.72 bits per heavy atom. The summed E-state index contributed by atoms with van der Waals surface area (Å²) >= 11 is 3.49. The monoisotopic (exact) mass is 529 g/mol. The van der Waals surface area contributed by atoms with E-state index >= 15 is 0 Å². The van der Waals surface area contributed by atoms with Crippen molar-refractivity contribution in [1.82, 2.24) is 4.98 Å². The third kappa shape index (κ3) is 5.75. The molecule has 0 spiro atoms. The second-order valence-electron chi connectivity index (χ2n) is 10.4. The Balaban J connectivity index is 1.69. The van der Waals surface area contributed by atoms with Crippen LogP contribution in [0.4, 0.5) is 0 Å². The molecule has 3 aromatic carbocycles. The molecule has 4 aromatic rings. The Morgan fingerprint density at radius 1 is 0.806 bits per heavy atom. The second-order valence-corrected chi connectivity index (χ2v) is 17.3. The van der Waals surface area contributed by atoms with Crippen LogP contribution in [-0.2, 0) is 15.8 Å². The van der Waals surface area contributed by atoms with Crippen molar-refractivity contribution < 1.29 is 4.43 Å². The van der Waals surface area contributed by atoms with E-state index in [1.807, 2.05) is 17.3 Å². The number of thioether (sulfide) groups is 1. The van der Waals surface area contributed by atoms with Gasteiger partial charge < -0.3 is 4.43 Å². The minimum atomic E-state index is -1.83. The SMILES string of the molecule is CC(C)(C)[Si](C)(C)OCc1scnc1C=CSC(c1ccccc1)(c1ccccc1)c1ccccc1. The van der Waals surface area contributed by atoms with Gasteiger partial charge in [0, 0.05) is 0 Å². The first-order chi connectivity index (χ1) is 17.2. The molecular weight excluding hydrogens is 495 g/mol. The van der Waals surface area contributed by atoms with Gasteiger partial charge in [0.1, 0.15) is 0 Å². The molecule has 0 N–H and O–H groups in total. The molecule has 0 saturated carbocycles. The molecule has 186 valence electrons. The molecule has 4 rings (SSSR count). The molecule has 0 saturated heterocycles. The van der Waals surface area contributed by atoms with Crippen molar-refractivity contribution in [2.45, 2.75) is 50.3 Å². The molecule has 0 aliphatic heterocycles. The summed E-state index contributed by atoms with van der Waals surface area (Å²) in [6.45, 7) is 12.0. The van der Waals surface area contributed by atoms with Crippen molar-refractivity contribution in [3.63, 3.8) is 0 Å². The van der Waals surface area contributed by atoms with Crippen LogP contribution in [0.1, 0.15) is 48.0 Å². The van der Waals surface area contributed by atoms with Crippen LogP contribution in [0.2, 0.25) is 18.1 Å². The number of rotatable bonds is 9. The smallest absolute Gasteiger partial charge is 0.192 e. The number of aromatic nitrogens is 1. The van der Waals surface area contributed by atoms with Gasteiger partial charge in [0.05, 0.1) is 27.4 Å². The summed E-state index contributed by atoms with van der Waals surface area (Å²) in [6, 6.07) is 32.3. The van der Waals surface area contributed by atoms with E-state index in [1.54, 1.807) is 11.3 Å². The van der Waals surface area contributed by atoms with Gasteiger partial charge in [-0.3, -0.25) is 0 Å². The number of hydrogen-bond acceptors (Lipinski definition) is 4. The van der Waals surface area contributed by atoms with Crippen LogP contribution in [0, 0.1) is 0 Å². The van der Waals surface area contributed by atoms with Crippen molar-refractivity contribution >= 4 is 37.5 Å². The van der Waals surface area contributed by atoms with Crippen molar-refractivity contribution in [2.24, 2.45) is 0 Å². The van der Waals surface area contributed by atoms with Crippen LogP contribution < -0.4 is 0 Å². The fourth-order valence-electron chi connectivity index (χ4n) is 3.91. The van der Waals surface area contributed by atoms with E-state index in [9.17, 15) is 0 Å². The summed E-state index contributed by atoms with van der Waals surface area (Å²) < 4.78 is 6.12. The van der Waals surface area contributed by atoms with Gasteiger partial charge in [0.15, 0.2) is 8.32 Å². The average Bonchev–Trinajstić information content (AvgIpc) is 3.34.